The zero-order chi connectivity index (χ0) is 14.4. The van der Waals surface area contributed by atoms with Gasteiger partial charge in [-0.15, -0.1) is 0 Å². The Bertz CT molecular complexity index is 487. The minimum Gasteiger partial charge on any atom is -0.317 e. The third kappa shape index (κ3) is 2.50. The molecule has 1 saturated heterocycles. The molecule has 1 aliphatic carbocycles. The van der Waals surface area contributed by atoms with Gasteiger partial charge in [-0.1, -0.05) is 32.9 Å². The van der Waals surface area contributed by atoms with Crippen LogP contribution in [0, 0.1) is 11.2 Å². The van der Waals surface area contributed by atoms with E-state index in [1.807, 2.05) is 6.07 Å². The van der Waals surface area contributed by atoms with E-state index < -0.39 is 0 Å². The third-order valence-electron chi connectivity index (χ3n) is 5.32. The summed E-state index contributed by atoms with van der Waals surface area (Å²) in [5.41, 5.74) is 2.82. The topological polar surface area (TPSA) is 12.0 Å². The van der Waals surface area contributed by atoms with Gasteiger partial charge in [0.05, 0.1) is 0 Å². The molecule has 1 heterocycles. The molecule has 20 heavy (non-hydrogen) atoms. The number of rotatable bonds is 1. The lowest BCUT2D eigenvalue weighted by molar-refractivity contribution is 0.0589. The van der Waals surface area contributed by atoms with E-state index in [4.69, 9.17) is 0 Å². The van der Waals surface area contributed by atoms with Crippen LogP contribution in [-0.4, -0.2) is 13.1 Å². The smallest absolute Gasteiger partial charge is 0.126 e. The summed E-state index contributed by atoms with van der Waals surface area (Å²) in [6.07, 6.45) is 4.90. The van der Waals surface area contributed by atoms with Gasteiger partial charge in [0.2, 0.25) is 0 Å². The van der Waals surface area contributed by atoms with E-state index in [0.717, 1.165) is 18.7 Å². The van der Waals surface area contributed by atoms with Crippen molar-refractivity contribution in [3.8, 4) is 0 Å². The second-order valence-electron chi connectivity index (χ2n) is 7.84. The molecule has 0 bridgehead atoms. The van der Waals surface area contributed by atoms with Crippen molar-refractivity contribution >= 4 is 0 Å². The lowest BCUT2D eigenvalue weighted by Crippen LogP contribution is -2.44. The van der Waals surface area contributed by atoms with Gasteiger partial charge in [0.25, 0.3) is 0 Å². The summed E-state index contributed by atoms with van der Waals surface area (Å²) >= 11 is 0. The normalized spacial score (nSPS) is 22.8. The highest BCUT2D eigenvalue weighted by atomic mass is 19.1. The first-order chi connectivity index (χ1) is 9.40. The van der Waals surface area contributed by atoms with E-state index in [9.17, 15) is 4.39 Å². The van der Waals surface area contributed by atoms with Crippen LogP contribution in [0.5, 0.6) is 0 Å². The van der Waals surface area contributed by atoms with Crippen LogP contribution >= 0.6 is 0 Å². The molecule has 1 N–H and O–H groups in total. The monoisotopic (exact) mass is 275 g/mol. The molecule has 0 radical (unpaired) electrons. The Morgan fingerprint density at radius 3 is 2.40 bits per heavy atom. The van der Waals surface area contributed by atoms with Gasteiger partial charge in [0, 0.05) is 0 Å². The Balaban J connectivity index is 1.78. The average molecular weight is 275 g/mol. The molecule has 2 heteroatoms. The van der Waals surface area contributed by atoms with Crippen LogP contribution in [0.4, 0.5) is 4.39 Å². The lowest BCUT2D eigenvalue weighted by Gasteiger charge is -2.51. The first-order valence-corrected chi connectivity index (χ1v) is 7.90. The lowest BCUT2D eigenvalue weighted by atomic mass is 9.56. The molecule has 1 saturated carbocycles. The Morgan fingerprint density at radius 2 is 1.80 bits per heavy atom. The Kier molecular flexibility index (Phi) is 3.40. The van der Waals surface area contributed by atoms with Crippen LogP contribution in [0.25, 0.3) is 0 Å². The molecule has 1 nitrogen and oxygen atoms in total. The molecule has 0 aromatic heterocycles. The van der Waals surface area contributed by atoms with Crippen molar-refractivity contribution in [2.45, 2.75) is 57.8 Å². The summed E-state index contributed by atoms with van der Waals surface area (Å²) in [7, 11) is 0. The zero-order valence-electron chi connectivity index (χ0n) is 12.9. The van der Waals surface area contributed by atoms with Gasteiger partial charge in [0.1, 0.15) is 5.82 Å². The Labute approximate surface area is 122 Å². The number of halogens is 1. The summed E-state index contributed by atoms with van der Waals surface area (Å²) in [4.78, 5) is 0. The zero-order valence-corrected chi connectivity index (χ0v) is 12.9. The van der Waals surface area contributed by atoms with Crippen molar-refractivity contribution in [1.29, 1.82) is 0 Å². The van der Waals surface area contributed by atoms with Crippen LogP contribution in [0.1, 0.15) is 63.5 Å². The average Bonchev–Trinajstić information content (AvgIpc) is 2.36. The quantitative estimate of drug-likeness (QED) is 0.802. The molecule has 1 aliphatic heterocycles. The van der Waals surface area contributed by atoms with E-state index in [2.05, 4.69) is 32.2 Å². The number of nitrogens with one attached hydrogen (secondary N) is 1. The molecule has 1 aromatic carbocycles. The van der Waals surface area contributed by atoms with Crippen molar-refractivity contribution in [1.82, 2.24) is 5.32 Å². The van der Waals surface area contributed by atoms with Crippen molar-refractivity contribution in [2.24, 2.45) is 5.41 Å². The summed E-state index contributed by atoms with van der Waals surface area (Å²) < 4.78 is 14.2. The molecule has 1 aromatic rings. The summed E-state index contributed by atoms with van der Waals surface area (Å²) in [6.45, 7) is 8.85. The first-order valence-electron chi connectivity index (χ1n) is 7.90. The predicted octanol–water partition coefficient (Wildman–Crippen LogP) is 4.37. The molecule has 110 valence electrons. The van der Waals surface area contributed by atoms with Gasteiger partial charge in [-0.3, -0.25) is 0 Å². The van der Waals surface area contributed by atoms with Crippen LogP contribution in [-0.2, 0) is 5.41 Å². The van der Waals surface area contributed by atoms with Crippen LogP contribution in [0.15, 0.2) is 18.2 Å². The van der Waals surface area contributed by atoms with Crippen molar-refractivity contribution in [3.63, 3.8) is 0 Å². The Hall–Kier alpha value is -0.890. The van der Waals surface area contributed by atoms with Crippen LogP contribution in [0.3, 0.4) is 0 Å². The fourth-order valence-electron chi connectivity index (χ4n) is 3.89. The first kappa shape index (κ1) is 14.1. The SMILES string of the molecule is CC(C)(C)c1ccc(F)c(C2CC3(CCNCC3)C2)c1. The van der Waals surface area contributed by atoms with E-state index in [-0.39, 0.29) is 11.2 Å². The van der Waals surface area contributed by atoms with Gasteiger partial charge >= 0.3 is 0 Å². The van der Waals surface area contributed by atoms with E-state index in [0.29, 0.717) is 11.3 Å². The minimum atomic E-state index is -0.00761. The molecule has 0 atom stereocenters. The molecular weight excluding hydrogens is 249 g/mol. The van der Waals surface area contributed by atoms with Crippen molar-refractivity contribution in [2.75, 3.05) is 13.1 Å². The predicted molar refractivity (Wildman–Crippen MR) is 81.6 cm³/mol. The third-order valence-corrected chi connectivity index (χ3v) is 5.32. The highest BCUT2D eigenvalue weighted by molar-refractivity contribution is 5.34. The number of benzene rings is 1. The van der Waals surface area contributed by atoms with Gasteiger partial charge < -0.3 is 5.32 Å². The van der Waals surface area contributed by atoms with Crippen molar-refractivity contribution < 1.29 is 4.39 Å². The number of piperidine rings is 1. The molecule has 0 unspecified atom stereocenters. The second kappa shape index (κ2) is 4.84. The maximum absolute atomic E-state index is 14.2. The van der Waals surface area contributed by atoms with E-state index >= 15 is 0 Å². The second-order valence-corrected chi connectivity index (χ2v) is 7.84. The van der Waals surface area contributed by atoms with Crippen LogP contribution in [0.2, 0.25) is 0 Å². The van der Waals surface area contributed by atoms with Gasteiger partial charge in [0.15, 0.2) is 0 Å². The fourth-order valence-corrected chi connectivity index (χ4v) is 3.89. The highest BCUT2D eigenvalue weighted by Gasteiger charge is 2.45. The molecule has 0 amide bonds. The molecule has 2 fully saturated rings. The van der Waals surface area contributed by atoms with Gasteiger partial charge in [-0.05, 0) is 72.7 Å². The fraction of sp³-hybridized carbons (Fsp3) is 0.667. The number of hydrogen-bond donors (Lipinski definition) is 1. The maximum atomic E-state index is 14.2. The summed E-state index contributed by atoms with van der Waals surface area (Å²) in [6, 6.07) is 5.73. The number of hydrogen-bond acceptors (Lipinski definition) is 1. The summed E-state index contributed by atoms with van der Waals surface area (Å²) in [5, 5.41) is 3.43. The molecular formula is C18H26FN. The maximum Gasteiger partial charge on any atom is 0.126 e. The minimum absolute atomic E-state index is 0.00761. The summed E-state index contributed by atoms with van der Waals surface area (Å²) in [5.74, 6) is 0.433. The van der Waals surface area contributed by atoms with Gasteiger partial charge in [-0.2, -0.15) is 0 Å². The molecule has 3 rings (SSSR count). The van der Waals surface area contributed by atoms with Crippen molar-refractivity contribution in [3.05, 3.63) is 35.1 Å². The largest absolute Gasteiger partial charge is 0.317 e. The standard InChI is InChI=1S/C18H26FN/c1-17(2,3)14-4-5-16(19)15(10-14)13-11-18(12-13)6-8-20-9-7-18/h4-5,10,13,20H,6-9,11-12H2,1-3H3. The van der Waals surface area contributed by atoms with Crippen LogP contribution < -0.4 is 5.32 Å². The molecule has 2 aliphatic rings. The van der Waals surface area contributed by atoms with Gasteiger partial charge in [-0.25, -0.2) is 4.39 Å². The van der Waals surface area contributed by atoms with E-state index in [1.165, 1.54) is 31.2 Å². The highest BCUT2D eigenvalue weighted by Crippen LogP contribution is 2.56. The molecule has 1 spiro atoms. The Morgan fingerprint density at radius 1 is 1.15 bits per heavy atom. The van der Waals surface area contributed by atoms with E-state index in [1.54, 1.807) is 6.07 Å².